The van der Waals surface area contributed by atoms with E-state index in [9.17, 15) is 9.59 Å². The first kappa shape index (κ1) is 23.0. The molecule has 2 fully saturated rings. The highest BCUT2D eigenvalue weighted by Gasteiger charge is 2.26. The second kappa shape index (κ2) is 9.82. The van der Waals surface area contributed by atoms with E-state index in [0.717, 1.165) is 54.9 Å². The lowest BCUT2D eigenvalue weighted by molar-refractivity contribution is -0.134. The number of hydrogen-bond donors (Lipinski definition) is 0. The van der Waals surface area contributed by atoms with Gasteiger partial charge in [0.25, 0.3) is 0 Å². The molecule has 2 aromatic heterocycles. The van der Waals surface area contributed by atoms with Crippen molar-refractivity contribution < 1.29 is 9.59 Å². The fourth-order valence-electron chi connectivity index (χ4n) is 5.15. The maximum absolute atomic E-state index is 12.9. The lowest BCUT2D eigenvalue weighted by Gasteiger charge is -2.33. The molecule has 0 spiro atoms. The van der Waals surface area contributed by atoms with E-state index in [0.29, 0.717) is 23.2 Å². The zero-order valence-electron chi connectivity index (χ0n) is 19.9. The molecule has 0 unspecified atom stereocenters. The molecule has 0 bridgehead atoms. The molecule has 1 aromatic carbocycles. The number of hydrogen-bond acceptors (Lipinski definition) is 6. The molecule has 2 aliphatic heterocycles. The molecule has 0 N–H and O–H groups in total. The molecule has 34 heavy (non-hydrogen) atoms. The Hall–Kier alpha value is -2.81. The van der Waals surface area contributed by atoms with Crippen LogP contribution in [0.5, 0.6) is 0 Å². The minimum absolute atomic E-state index is 0.0866. The molecule has 5 rings (SSSR count). The first-order valence-corrected chi connectivity index (χ1v) is 13.2. The van der Waals surface area contributed by atoms with Crippen molar-refractivity contribution in [3.63, 3.8) is 0 Å². The predicted octanol–water partition coefficient (Wildman–Crippen LogP) is 3.74. The summed E-state index contributed by atoms with van der Waals surface area (Å²) in [5.74, 6) is 0.851. The molecule has 0 aliphatic carbocycles. The zero-order chi connectivity index (χ0) is 23.7. The summed E-state index contributed by atoms with van der Waals surface area (Å²) in [5, 5.41) is 14.0. The van der Waals surface area contributed by atoms with Gasteiger partial charge in [-0.15, -0.1) is 10.2 Å². The highest BCUT2D eigenvalue weighted by molar-refractivity contribution is 7.19. The van der Waals surface area contributed by atoms with Crippen LogP contribution in [0.1, 0.15) is 63.8 Å². The van der Waals surface area contributed by atoms with Gasteiger partial charge in [0, 0.05) is 30.7 Å². The van der Waals surface area contributed by atoms with Gasteiger partial charge in [0.1, 0.15) is 5.01 Å². The molecule has 9 heteroatoms. The monoisotopic (exact) mass is 480 g/mol. The maximum Gasteiger partial charge on any atom is 0.234 e. The molecule has 2 aliphatic rings. The summed E-state index contributed by atoms with van der Waals surface area (Å²) in [4.78, 5) is 30.4. The summed E-state index contributed by atoms with van der Waals surface area (Å²) in [5.41, 5.74) is 1.94. The number of benzene rings is 1. The van der Waals surface area contributed by atoms with E-state index in [2.05, 4.69) is 24.0 Å². The molecule has 8 nitrogen and oxygen atoms in total. The number of carbonyl (C=O) groups is 2. The summed E-state index contributed by atoms with van der Waals surface area (Å²) in [6, 6.07) is 8.61. The Kier molecular flexibility index (Phi) is 6.63. The second-order valence-electron chi connectivity index (χ2n) is 9.64. The van der Waals surface area contributed by atoms with Crippen LogP contribution in [0.15, 0.2) is 24.3 Å². The lowest BCUT2D eigenvalue weighted by Crippen LogP contribution is -2.43. The van der Waals surface area contributed by atoms with Gasteiger partial charge >= 0.3 is 0 Å². The number of piperidine rings is 2. The van der Waals surface area contributed by atoms with E-state index in [1.807, 2.05) is 34.1 Å². The van der Waals surface area contributed by atoms with Crippen molar-refractivity contribution in [1.82, 2.24) is 29.6 Å². The number of aromatic nitrogens is 4. The van der Waals surface area contributed by atoms with Gasteiger partial charge in [-0.1, -0.05) is 29.5 Å². The molecule has 3 aromatic rings. The molecule has 180 valence electrons. The summed E-state index contributed by atoms with van der Waals surface area (Å²) >= 11 is 1.45. The summed E-state index contributed by atoms with van der Waals surface area (Å²) in [6.45, 7) is 5.92. The van der Waals surface area contributed by atoms with Crippen LogP contribution in [0.4, 0.5) is 0 Å². The largest absolute Gasteiger partial charge is 0.340 e. The third-order valence-corrected chi connectivity index (χ3v) is 8.09. The second-order valence-corrected chi connectivity index (χ2v) is 10.6. The molecule has 2 amide bonds. The molecule has 4 heterocycles. The van der Waals surface area contributed by atoms with Gasteiger partial charge in [0.15, 0.2) is 5.82 Å². The number of carbonyl (C=O) groups excluding carboxylic acids is 2. The number of amides is 2. The Morgan fingerprint density at radius 3 is 2.29 bits per heavy atom. The Balaban J connectivity index is 1.31. The fraction of sp³-hybridized carbons (Fsp3) is 0.560. The van der Waals surface area contributed by atoms with Crippen LogP contribution in [-0.2, 0) is 22.4 Å². The first-order chi connectivity index (χ1) is 16.5. The predicted molar refractivity (Wildman–Crippen MR) is 132 cm³/mol. The van der Waals surface area contributed by atoms with E-state index >= 15 is 0 Å². The van der Waals surface area contributed by atoms with Gasteiger partial charge in [-0.2, -0.15) is 9.61 Å². The highest BCUT2D eigenvalue weighted by atomic mass is 32.1. The average Bonchev–Trinajstić information content (AvgIpc) is 3.42. The Labute approximate surface area is 204 Å². The van der Waals surface area contributed by atoms with Crippen LogP contribution in [0.2, 0.25) is 0 Å². The quantitative estimate of drug-likeness (QED) is 0.556. The van der Waals surface area contributed by atoms with Crippen LogP contribution in [0.3, 0.4) is 0 Å². The fourth-order valence-corrected chi connectivity index (χ4v) is 6.00. The van der Waals surface area contributed by atoms with Gasteiger partial charge < -0.3 is 9.80 Å². The maximum atomic E-state index is 12.9. The summed E-state index contributed by atoms with van der Waals surface area (Å²) < 4.78 is 1.69. The molecule has 0 saturated carbocycles. The van der Waals surface area contributed by atoms with Crippen LogP contribution in [0.25, 0.3) is 15.5 Å². The van der Waals surface area contributed by atoms with Gasteiger partial charge in [-0.3, -0.25) is 9.59 Å². The van der Waals surface area contributed by atoms with Crippen molar-refractivity contribution >= 4 is 28.1 Å². The average molecular weight is 481 g/mol. The summed E-state index contributed by atoms with van der Waals surface area (Å²) in [7, 11) is 0. The molecular weight excluding hydrogens is 448 g/mol. The minimum Gasteiger partial charge on any atom is -0.340 e. The van der Waals surface area contributed by atoms with E-state index < -0.39 is 0 Å². The Bertz CT molecular complexity index is 1190. The van der Waals surface area contributed by atoms with Gasteiger partial charge in [-0.05, 0) is 64.0 Å². The molecule has 2 saturated heterocycles. The van der Waals surface area contributed by atoms with Crippen LogP contribution < -0.4 is 0 Å². The summed E-state index contributed by atoms with van der Waals surface area (Å²) in [6.07, 6.45) is 7.26. The molecule has 2 atom stereocenters. The topological polar surface area (TPSA) is 83.7 Å². The van der Waals surface area contributed by atoms with Crippen molar-refractivity contribution in [2.45, 2.75) is 77.3 Å². The third-order valence-electron chi connectivity index (χ3n) is 7.14. The number of fused-ring (bicyclic) bond motifs is 1. The third kappa shape index (κ3) is 4.71. The standard InChI is InChI=1S/C25H32N6O2S/c1-17-8-3-5-12-29(17)22(32)15-19-10-7-11-20(14-19)24-28-31-21(26-27-25(31)34-24)16-23(33)30-13-6-4-9-18(30)2/h7,10-11,14,17-18H,3-6,8-9,12-13,15-16H2,1-2H3/t17-,18+/m1/s1. The Morgan fingerprint density at radius 2 is 1.62 bits per heavy atom. The van der Waals surface area contributed by atoms with Crippen LogP contribution in [0, 0.1) is 0 Å². The van der Waals surface area contributed by atoms with Gasteiger partial charge in [0.05, 0.1) is 12.8 Å². The normalized spacial score (nSPS) is 21.2. The van der Waals surface area contributed by atoms with Crippen molar-refractivity contribution in [2.75, 3.05) is 13.1 Å². The smallest absolute Gasteiger partial charge is 0.234 e. The zero-order valence-corrected chi connectivity index (χ0v) is 20.8. The van der Waals surface area contributed by atoms with Crippen LogP contribution >= 0.6 is 11.3 Å². The number of nitrogens with zero attached hydrogens (tertiary/aromatic N) is 6. The number of rotatable bonds is 5. The highest BCUT2D eigenvalue weighted by Crippen LogP contribution is 2.27. The minimum atomic E-state index is 0.0866. The van der Waals surface area contributed by atoms with Crippen molar-refractivity contribution in [1.29, 1.82) is 0 Å². The number of likely N-dealkylation sites (tertiary alicyclic amines) is 2. The van der Waals surface area contributed by atoms with Crippen molar-refractivity contribution in [2.24, 2.45) is 0 Å². The van der Waals surface area contributed by atoms with E-state index in [-0.39, 0.29) is 24.3 Å². The van der Waals surface area contributed by atoms with Crippen molar-refractivity contribution in [3.8, 4) is 10.6 Å². The first-order valence-electron chi connectivity index (χ1n) is 12.4. The van der Waals surface area contributed by atoms with E-state index in [1.54, 1.807) is 4.52 Å². The van der Waals surface area contributed by atoms with Crippen molar-refractivity contribution in [3.05, 3.63) is 35.7 Å². The van der Waals surface area contributed by atoms with E-state index in [1.165, 1.54) is 24.2 Å². The SMILES string of the molecule is C[C@@H]1CCCCN1C(=O)Cc1cccc(-c2nn3c(CC(=O)N4CCCC[C@@H]4C)nnc3s2)c1. The van der Waals surface area contributed by atoms with Crippen LogP contribution in [-0.4, -0.2) is 66.6 Å². The lowest BCUT2D eigenvalue weighted by atomic mass is 10.0. The molecular formula is C25H32N6O2S. The van der Waals surface area contributed by atoms with Gasteiger partial charge in [0.2, 0.25) is 16.8 Å². The van der Waals surface area contributed by atoms with Gasteiger partial charge in [-0.25, -0.2) is 0 Å². The molecule has 0 radical (unpaired) electrons. The van der Waals surface area contributed by atoms with E-state index in [4.69, 9.17) is 5.10 Å². The Morgan fingerprint density at radius 1 is 0.941 bits per heavy atom.